The molecular formula is C24H30N4O2S. The minimum absolute atomic E-state index is 0.0477. The Kier molecular flexibility index (Phi) is 8.84. The molecule has 0 saturated carbocycles. The monoisotopic (exact) mass is 438 g/mol. The lowest BCUT2D eigenvalue weighted by Gasteiger charge is -2.20. The van der Waals surface area contributed by atoms with Crippen molar-refractivity contribution >= 4 is 22.6 Å². The second-order valence-corrected chi connectivity index (χ2v) is 8.10. The molecule has 1 amide bonds. The van der Waals surface area contributed by atoms with E-state index >= 15 is 0 Å². The van der Waals surface area contributed by atoms with Gasteiger partial charge in [0.05, 0.1) is 7.11 Å². The predicted octanol–water partition coefficient (Wildman–Crippen LogP) is 4.45. The summed E-state index contributed by atoms with van der Waals surface area (Å²) in [6, 6.07) is 17.9. The van der Waals surface area contributed by atoms with Gasteiger partial charge in [-0.15, -0.1) is 0 Å². The fourth-order valence-corrected chi connectivity index (χ4v) is 3.92. The molecule has 164 valence electrons. The zero-order valence-corrected chi connectivity index (χ0v) is 19.0. The summed E-state index contributed by atoms with van der Waals surface area (Å²) in [6.07, 6.45) is 3.23. The third kappa shape index (κ3) is 7.36. The molecule has 31 heavy (non-hydrogen) atoms. The number of nitrogens with one attached hydrogen (secondary N) is 1. The summed E-state index contributed by atoms with van der Waals surface area (Å²) in [6.45, 7) is 4.22. The quantitative estimate of drug-likeness (QED) is 0.452. The van der Waals surface area contributed by atoms with Crippen LogP contribution in [0.2, 0.25) is 0 Å². The van der Waals surface area contributed by atoms with E-state index in [1.54, 1.807) is 7.11 Å². The molecule has 0 fully saturated rings. The summed E-state index contributed by atoms with van der Waals surface area (Å²) in [5, 5.41) is 3.88. The van der Waals surface area contributed by atoms with E-state index < -0.39 is 0 Å². The maximum absolute atomic E-state index is 12.4. The largest absolute Gasteiger partial charge is 0.497 e. The van der Waals surface area contributed by atoms with Gasteiger partial charge in [0.15, 0.2) is 0 Å². The topological polar surface area (TPSA) is 67.4 Å². The van der Waals surface area contributed by atoms with Gasteiger partial charge >= 0.3 is 0 Å². The molecule has 0 aliphatic heterocycles. The molecular weight excluding hydrogens is 408 g/mol. The molecule has 0 radical (unpaired) electrons. The first-order valence-electron chi connectivity index (χ1n) is 10.7. The first-order chi connectivity index (χ1) is 15.2. The van der Waals surface area contributed by atoms with Gasteiger partial charge in [0, 0.05) is 44.0 Å². The minimum Gasteiger partial charge on any atom is -0.497 e. The summed E-state index contributed by atoms with van der Waals surface area (Å²) in [5.74, 6) is 1.67. The predicted molar refractivity (Wildman–Crippen MR) is 126 cm³/mol. The maximum Gasteiger partial charge on any atom is 0.222 e. The summed E-state index contributed by atoms with van der Waals surface area (Å²) in [5.41, 5.74) is 2.22. The Morgan fingerprint density at radius 3 is 2.68 bits per heavy atom. The maximum atomic E-state index is 12.4. The van der Waals surface area contributed by atoms with E-state index in [0.717, 1.165) is 47.2 Å². The Labute approximate surface area is 188 Å². The van der Waals surface area contributed by atoms with Crippen molar-refractivity contribution in [3.63, 3.8) is 0 Å². The number of carbonyl (C=O) groups is 1. The number of hydrogen-bond donors (Lipinski definition) is 1. The van der Waals surface area contributed by atoms with Crippen LogP contribution in [0, 0.1) is 0 Å². The van der Waals surface area contributed by atoms with Crippen molar-refractivity contribution in [2.45, 2.75) is 39.2 Å². The van der Waals surface area contributed by atoms with Gasteiger partial charge in [0.2, 0.25) is 11.0 Å². The zero-order valence-electron chi connectivity index (χ0n) is 18.2. The lowest BCUT2D eigenvalue weighted by molar-refractivity contribution is -0.121. The van der Waals surface area contributed by atoms with E-state index in [1.807, 2.05) is 48.5 Å². The number of unbranched alkanes of at least 4 members (excludes halogenated alkanes) is 1. The molecule has 1 heterocycles. The van der Waals surface area contributed by atoms with Crippen molar-refractivity contribution in [2.75, 3.05) is 25.1 Å². The van der Waals surface area contributed by atoms with Crippen molar-refractivity contribution in [1.82, 2.24) is 14.7 Å². The van der Waals surface area contributed by atoms with Crippen molar-refractivity contribution in [3.8, 4) is 5.75 Å². The number of ether oxygens (including phenoxy) is 1. The number of rotatable bonds is 12. The van der Waals surface area contributed by atoms with Crippen LogP contribution in [0.4, 0.5) is 5.13 Å². The molecule has 0 bridgehead atoms. The van der Waals surface area contributed by atoms with Gasteiger partial charge in [-0.05, 0) is 29.7 Å². The highest BCUT2D eigenvalue weighted by molar-refractivity contribution is 7.09. The second kappa shape index (κ2) is 12.1. The highest BCUT2D eigenvalue weighted by Crippen LogP contribution is 2.21. The summed E-state index contributed by atoms with van der Waals surface area (Å²) in [4.78, 5) is 19.3. The van der Waals surface area contributed by atoms with Gasteiger partial charge < -0.3 is 15.0 Å². The third-order valence-electron chi connectivity index (χ3n) is 4.95. The molecule has 0 atom stereocenters. The number of benzene rings is 2. The Balaban J connectivity index is 1.56. The van der Waals surface area contributed by atoms with Crippen LogP contribution in [0.5, 0.6) is 5.75 Å². The average Bonchev–Trinajstić information content (AvgIpc) is 3.26. The number of carbonyl (C=O) groups excluding carboxylic acids is 1. The third-order valence-corrected chi connectivity index (χ3v) is 5.76. The van der Waals surface area contributed by atoms with Gasteiger partial charge in [-0.1, -0.05) is 55.8 Å². The standard InChI is InChI=1S/C24H30N4O2S/c1-3-4-14-28(15-13-23(29)25-18-19-9-6-5-7-10-19)24-26-22(27-31-24)17-20-11-8-12-21(16-20)30-2/h5-12,16H,3-4,13-15,17-18H2,1-2H3,(H,25,29). The number of anilines is 1. The summed E-state index contributed by atoms with van der Waals surface area (Å²) < 4.78 is 9.84. The van der Waals surface area contributed by atoms with Crippen molar-refractivity contribution < 1.29 is 9.53 Å². The number of amides is 1. The van der Waals surface area contributed by atoms with Crippen LogP contribution in [0.25, 0.3) is 0 Å². The van der Waals surface area contributed by atoms with Crippen LogP contribution < -0.4 is 15.0 Å². The average molecular weight is 439 g/mol. The number of hydrogen-bond acceptors (Lipinski definition) is 6. The number of nitrogens with zero attached hydrogens (tertiary/aromatic N) is 3. The van der Waals surface area contributed by atoms with Gasteiger partial charge in [-0.25, -0.2) is 4.98 Å². The second-order valence-electron chi connectivity index (χ2n) is 7.37. The minimum atomic E-state index is 0.0477. The Morgan fingerprint density at radius 1 is 1.10 bits per heavy atom. The van der Waals surface area contributed by atoms with E-state index in [0.29, 0.717) is 25.9 Å². The van der Waals surface area contributed by atoms with Gasteiger partial charge in [-0.2, -0.15) is 4.37 Å². The van der Waals surface area contributed by atoms with Crippen molar-refractivity contribution in [1.29, 1.82) is 0 Å². The lowest BCUT2D eigenvalue weighted by atomic mass is 10.1. The molecule has 6 nitrogen and oxygen atoms in total. The molecule has 3 rings (SSSR count). The first-order valence-corrected chi connectivity index (χ1v) is 11.5. The fourth-order valence-electron chi connectivity index (χ4n) is 3.18. The molecule has 7 heteroatoms. The summed E-state index contributed by atoms with van der Waals surface area (Å²) >= 11 is 1.40. The molecule has 1 N–H and O–H groups in total. The van der Waals surface area contributed by atoms with Crippen molar-refractivity contribution in [3.05, 3.63) is 71.5 Å². The SMILES string of the molecule is CCCCN(CCC(=O)NCc1ccccc1)c1nc(Cc2cccc(OC)c2)ns1. The molecule has 3 aromatic rings. The van der Waals surface area contributed by atoms with Crippen molar-refractivity contribution in [2.24, 2.45) is 0 Å². The molecule has 0 unspecified atom stereocenters. The normalized spacial score (nSPS) is 10.6. The Morgan fingerprint density at radius 2 is 1.90 bits per heavy atom. The van der Waals surface area contributed by atoms with E-state index in [2.05, 4.69) is 27.6 Å². The molecule has 0 aliphatic carbocycles. The molecule has 0 spiro atoms. The summed E-state index contributed by atoms with van der Waals surface area (Å²) in [7, 11) is 1.67. The molecule has 1 aromatic heterocycles. The van der Waals surface area contributed by atoms with Gasteiger partial charge in [0.25, 0.3) is 0 Å². The van der Waals surface area contributed by atoms with E-state index in [4.69, 9.17) is 9.72 Å². The molecule has 2 aromatic carbocycles. The highest BCUT2D eigenvalue weighted by atomic mass is 32.1. The van der Waals surface area contributed by atoms with Crippen LogP contribution in [0.1, 0.15) is 43.1 Å². The number of aromatic nitrogens is 2. The van der Waals surface area contributed by atoms with Crippen LogP contribution in [-0.2, 0) is 17.8 Å². The van der Waals surface area contributed by atoms with Gasteiger partial charge in [-0.3, -0.25) is 4.79 Å². The van der Waals surface area contributed by atoms with Crippen LogP contribution in [-0.4, -0.2) is 35.5 Å². The Hall–Kier alpha value is -2.93. The van der Waals surface area contributed by atoms with E-state index in [9.17, 15) is 4.79 Å². The zero-order chi connectivity index (χ0) is 21.9. The van der Waals surface area contributed by atoms with E-state index in [1.165, 1.54) is 11.5 Å². The molecule has 0 aliphatic rings. The Bertz CT molecular complexity index is 946. The smallest absolute Gasteiger partial charge is 0.222 e. The van der Waals surface area contributed by atoms with E-state index in [-0.39, 0.29) is 5.91 Å². The van der Waals surface area contributed by atoms with Crippen LogP contribution in [0.15, 0.2) is 54.6 Å². The van der Waals surface area contributed by atoms with Crippen LogP contribution >= 0.6 is 11.5 Å². The fraction of sp³-hybridized carbons (Fsp3) is 0.375. The van der Waals surface area contributed by atoms with Crippen LogP contribution in [0.3, 0.4) is 0 Å². The molecule has 0 saturated heterocycles. The lowest BCUT2D eigenvalue weighted by Crippen LogP contribution is -2.31. The number of methoxy groups -OCH3 is 1. The first kappa shape index (κ1) is 22.7. The van der Waals surface area contributed by atoms with Gasteiger partial charge in [0.1, 0.15) is 11.6 Å². The highest BCUT2D eigenvalue weighted by Gasteiger charge is 2.14.